The number of nitrogens with zero attached hydrogens (tertiary/aromatic N) is 2. The molecule has 2 unspecified atom stereocenters. The summed E-state index contributed by atoms with van der Waals surface area (Å²) in [5, 5.41) is 0. The van der Waals surface area contributed by atoms with Crippen molar-refractivity contribution in [3.63, 3.8) is 0 Å². The Morgan fingerprint density at radius 3 is 2.58 bits per heavy atom. The summed E-state index contributed by atoms with van der Waals surface area (Å²) in [6.07, 6.45) is 3.64. The summed E-state index contributed by atoms with van der Waals surface area (Å²) < 4.78 is 0. The number of carbonyl (C=O) groups excluding carboxylic acids is 2. The maximum absolute atomic E-state index is 12.9. The van der Waals surface area contributed by atoms with Crippen LogP contribution < -0.4 is 0 Å². The van der Waals surface area contributed by atoms with E-state index in [1.54, 1.807) is 0 Å². The van der Waals surface area contributed by atoms with Crippen LogP contribution >= 0.6 is 0 Å². The Morgan fingerprint density at radius 2 is 1.92 bits per heavy atom. The van der Waals surface area contributed by atoms with Crippen molar-refractivity contribution in [1.29, 1.82) is 0 Å². The number of hydrogen-bond acceptors (Lipinski definition) is 2. The van der Waals surface area contributed by atoms with E-state index < -0.39 is 5.54 Å². The van der Waals surface area contributed by atoms with E-state index in [-0.39, 0.29) is 24.3 Å². The molecule has 1 aromatic rings. The quantitative estimate of drug-likeness (QED) is 0.817. The monoisotopic (exact) mass is 358 g/mol. The van der Waals surface area contributed by atoms with E-state index >= 15 is 0 Å². The SMILES string of the molecule is CC.CCCC(CC)C(=O)N1CC(=O)N2CCc3ccccc3C2(C)C1. The molecule has 2 amide bonds. The van der Waals surface area contributed by atoms with Gasteiger partial charge in [0, 0.05) is 19.0 Å². The highest BCUT2D eigenvalue weighted by molar-refractivity contribution is 5.88. The van der Waals surface area contributed by atoms with Crippen LogP contribution in [-0.4, -0.2) is 41.2 Å². The molecule has 0 aliphatic carbocycles. The lowest BCUT2D eigenvalue weighted by atomic mass is 9.79. The Bertz CT molecular complexity index is 643. The Hall–Kier alpha value is -1.84. The van der Waals surface area contributed by atoms with Crippen LogP contribution in [0.4, 0.5) is 0 Å². The van der Waals surface area contributed by atoms with Crippen molar-refractivity contribution in [3.8, 4) is 0 Å². The molecule has 1 fully saturated rings. The molecule has 144 valence electrons. The van der Waals surface area contributed by atoms with E-state index in [0.29, 0.717) is 6.54 Å². The molecule has 2 aliphatic rings. The van der Waals surface area contributed by atoms with Crippen LogP contribution in [0.5, 0.6) is 0 Å². The van der Waals surface area contributed by atoms with Gasteiger partial charge in [0.25, 0.3) is 0 Å². The van der Waals surface area contributed by atoms with Crippen LogP contribution in [0.25, 0.3) is 0 Å². The third kappa shape index (κ3) is 3.65. The minimum Gasteiger partial charge on any atom is -0.330 e. The minimum absolute atomic E-state index is 0.0387. The largest absolute Gasteiger partial charge is 0.330 e. The summed E-state index contributed by atoms with van der Waals surface area (Å²) >= 11 is 0. The van der Waals surface area contributed by atoms with Crippen molar-refractivity contribution in [2.24, 2.45) is 5.92 Å². The minimum atomic E-state index is -0.398. The fourth-order valence-corrected chi connectivity index (χ4v) is 4.40. The first-order valence-corrected chi connectivity index (χ1v) is 10.2. The Morgan fingerprint density at radius 1 is 1.23 bits per heavy atom. The Kier molecular flexibility index (Phi) is 6.85. The normalized spacial score (nSPS) is 22.7. The second-order valence-electron chi connectivity index (χ2n) is 7.31. The first-order chi connectivity index (χ1) is 12.5. The van der Waals surface area contributed by atoms with Gasteiger partial charge in [-0.15, -0.1) is 0 Å². The summed E-state index contributed by atoms with van der Waals surface area (Å²) in [6, 6.07) is 8.35. The third-order valence-electron chi connectivity index (χ3n) is 5.71. The van der Waals surface area contributed by atoms with Crippen LogP contribution in [0.15, 0.2) is 24.3 Å². The van der Waals surface area contributed by atoms with Gasteiger partial charge in [-0.3, -0.25) is 9.59 Å². The maximum atomic E-state index is 12.9. The van der Waals surface area contributed by atoms with Gasteiger partial charge in [0.1, 0.15) is 0 Å². The van der Waals surface area contributed by atoms with Gasteiger partial charge < -0.3 is 9.80 Å². The topological polar surface area (TPSA) is 40.6 Å². The Balaban J connectivity index is 0.00000117. The van der Waals surface area contributed by atoms with Crippen molar-refractivity contribution >= 4 is 11.8 Å². The van der Waals surface area contributed by atoms with E-state index in [4.69, 9.17) is 0 Å². The molecule has 2 aliphatic heterocycles. The summed E-state index contributed by atoms with van der Waals surface area (Å²) in [7, 11) is 0. The smallest absolute Gasteiger partial charge is 0.242 e. The molecule has 2 atom stereocenters. The lowest BCUT2D eigenvalue weighted by molar-refractivity contribution is -0.157. The van der Waals surface area contributed by atoms with Crippen molar-refractivity contribution < 1.29 is 9.59 Å². The summed E-state index contributed by atoms with van der Waals surface area (Å²) in [5.41, 5.74) is 2.11. The average molecular weight is 359 g/mol. The second-order valence-corrected chi connectivity index (χ2v) is 7.31. The first-order valence-electron chi connectivity index (χ1n) is 10.2. The standard InChI is InChI=1S/C20H28N2O2.C2H6/c1-4-8-15(5-2)19(24)21-13-18(23)22-12-11-16-9-6-7-10-17(16)20(22,3)14-21;1-2/h6-7,9-10,15H,4-5,8,11-14H2,1-3H3;1-2H3. The van der Waals surface area contributed by atoms with E-state index in [1.165, 1.54) is 11.1 Å². The van der Waals surface area contributed by atoms with Gasteiger partial charge in [-0.1, -0.05) is 58.4 Å². The number of benzene rings is 1. The first kappa shape index (κ1) is 20.5. The van der Waals surface area contributed by atoms with Crippen LogP contribution in [0.2, 0.25) is 0 Å². The Labute approximate surface area is 158 Å². The van der Waals surface area contributed by atoms with Crippen LogP contribution in [0.1, 0.15) is 65.0 Å². The lowest BCUT2D eigenvalue weighted by Crippen LogP contribution is -2.65. The van der Waals surface area contributed by atoms with Crippen LogP contribution in [0, 0.1) is 5.92 Å². The third-order valence-corrected chi connectivity index (χ3v) is 5.71. The van der Waals surface area contributed by atoms with Gasteiger partial charge in [0.05, 0.1) is 12.1 Å². The molecule has 0 radical (unpaired) electrons. The van der Waals surface area contributed by atoms with Gasteiger partial charge in [-0.05, 0) is 37.3 Å². The number of hydrogen-bond donors (Lipinski definition) is 0. The zero-order chi connectivity index (χ0) is 19.3. The van der Waals surface area contributed by atoms with Gasteiger partial charge in [0.2, 0.25) is 11.8 Å². The molecule has 4 nitrogen and oxygen atoms in total. The van der Waals surface area contributed by atoms with E-state index in [0.717, 1.165) is 32.2 Å². The highest BCUT2D eigenvalue weighted by atomic mass is 16.2. The molecule has 1 aromatic carbocycles. The van der Waals surface area contributed by atoms with Crippen molar-refractivity contribution in [1.82, 2.24) is 9.80 Å². The predicted octanol–water partition coefficient (Wildman–Crippen LogP) is 3.98. The number of carbonyl (C=O) groups is 2. The summed E-state index contributed by atoms with van der Waals surface area (Å²) in [6.45, 7) is 11.9. The second kappa shape index (κ2) is 8.70. The molecule has 0 aromatic heterocycles. The zero-order valence-electron chi connectivity index (χ0n) is 17.0. The molecule has 0 spiro atoms. The maximum Gasteiger partial charge on any atom is 0.242 e. The molecule has 0 saturated carbocycles. The number of fused-ring (bicyclic) bond motifs is 3. The molecule has 4 heteroatoms. The van der Waals surface area contributed by atoms with Crippen molar-refractivity contribution in [2.45, 2.75) is 65.8 Å². The van der Waals surface area contributed by atoms with Gasteiger partial charge in [-0.2, -0.15) is 0 Å². The lowest BCUT2D eigenvalue weighted by Gasteiger charge is -2.52. The summed E-state index contributed by atoms with van der Waals surface area (Å²) in [5.74, 6) is 0.270. The van der Waals surface area contributed by atoms with Crippen LogP contribution in [-0.2, 0) is 21.5 Å². The van der Waals surface area contributed by atoms with E-state index in [1.807, 2.05) is 29.7 Å². The predicted molar refractivity (Wildman–Crippen MR) is 106 cm³/mol. The highest BCUT2D eigenvalue weighted by Crippen LogP contribution is 2.39. The molecule has 0 bridgehead atoms. The van der Waals surface area contributed by atoms with Gasteiger partial charge in [-0.25, -0.2) is 0 Å². The molecule has 1 saturated heterocycles. The number of piperazine rings is 1. The molecular formula is C22H34N2O2. The zero-order valence-corrected chi connectivity index (χ0v) is 17.0. The van der Waals surface area contributed by atoms with Gasteiger partial charge >= 0.3 is 0 Å². The highest BCUT2D eigenvalue weighted by Gasteiger charge is 2.47. The van der Waals surface area contributed by atoms with Gasteiger partial charge in [0.15, 0.2) is 0 Å². The van der Waals surface area contributed by atoms with E-state index in [9.17, 15) is 9.59 Å². The molecule has 26 heavy (non-hydrogen) atoms. The van der Waals surface area contributed by atoms with Crippen LogP contribution in [0.3, 0.4) is 0 Å². The van der Waals surface area contributed by atoms with Crippen molar-refractivity contribution in [3.05, 3.63) is 35.4 Å². The fourth-order valence-electron chi connectivity index (χ4n) is 4.40. The van der Waals surface area contributed by atoms with E-state index in [2.05, 4.69) is 39.0 Å². The number of rotatable bonds is 4. The fraction of sp³-hybridized carbons (Fsp3) is 0.636. The molecule has 3 rings (SSSR count). The molecular weight excluding hydrogens is 324 g/mol. The number of amides is 2. The summed E-state index contributed by atoms with van der Waals surface area (Å²) in [4.78, 5) is 29.5. The molecule has 2 heterocycles. The average Bonchev–Trinajstić information content (AvgIpc) is 2.66. The van der Waals surface area contributed by atoms with Crippen molar-refractivity contribution in [2.75, 3.05) is 19.6 Å². The molecule has 0 N–H and O–H groups in total.